The van der Waals surface area contributed by atoms with Crippen molar-refractivity contribution in [3.8, 4) is 0 Å². The number of carbonyl (C=O) groups is 2. The van der Waals surface area contributed by atoms with Gasteiger partial charge in [-0.25, -0.2) is 0 Å². The first-order chi connectivity index (χ1) is 16.3. The average Bonchev–Trinajstić information content (AvgIpc) is 2.77. The van der Waals surface area contributed by atoms with E-state index in [0.717, 1.165) is 64.8 Å². The van der Waals surface area contributed by atoms with Crippen LogP contribution in [0.2, 0.25) is 0 Å². The van der Waals surface area contributed by atoms with Gasteiger partial charge in [-0.1, -0.05) is 34.6 Å². The van der Waals surface area contributed by atoms with Gasteiger partial charge >= 0.3 is 0 Å². The predicted octanol–water partition coefficient (Wildman–Crippen LogP) is 3.72. The van der Waals surface area contributed by atoms with Crippen molar-refractivity contribution >= 4 is 11.8 Å². The lowest BCUT2D eigenvalue weighted by atomic mass is 9.90. The van der Waals surface area contributed by atoms with Gasteiger partial charge in [-0.05, 0) is 72.4 Å². The molecule has 2 aliphatic rings. The lowest BCUT2D eigenvalue weighted by molar-refractivity contribution is -0.137. The molecule has 0 saturated carbocycles. The van der Waals surface area contributed by atoms with E-state index in [-0.39, 0.29) is 22.6 Å². The molecule has 0 aromatic rings. The fourth-order valence-electron chi connectivity index (χ4n) is 5.51. The Labute approximate surface area is 215 Å². The third kappa shape index (κ3) is 10.0. The molecule has 0 bridgehead atoms. The molecule has 2 heterocycles. The van der Waals surface area contributed by atoms with E-state index in [2.05, 4.69) is 68.3 Å². The molecule has 2 rings (SSSR count). The molecule has 2 aliphatic heterocycles. The van der Waals surface area contributed by atoms with Crippen LogP contribution in [0.1, 0.15) is 80.1 Å². The Hall–Kier alpha value is -1.18. The van der Waals surface area contributed by atoms with Crippen molar-refractivity contribution in [1.29, 1.82) is 0 Å². The van der Waals surface area contributed by atoms with Crippen LogP contribution in [0.5, 0.6) is 0 Å². The Morgan fingerprint density at radius 3 is 1.60 bits per heavy atom. The van der Waals surface area contributed by atoms with Gasteiger partial charge in [0.15, 0.2) is 0 Å². The molecular formula is C28H54N4O3. The molecule has 0 radical (unpaired) electrons. The predicted molar refractivity (Wildman–Crippen MR) is 143 cm³/mol. The number of carbonyl (C=O) groups excluding carboxylic acids is 2. The highest BCUT2D eigenvalue weighted by atomic mass is 16.5. The summed E-state index contributed by atoms with van der Waals surface area (Å²) in [6.45, 7) is 19.4. The van der Waals surface area contributed by atoms with Gasteiger partial charge in [0.1, 0.15) is 0 Å². The van der Waals surface area contributed by atoms with Crippen LogP contribution in [-0.4, -0.2) is 110 Å². The highest BCUT2D eigenvalue weighted by Gasteiger charge is 2.34. The molecule has 7 heteroatoms. The number of hydrogen-bond donors (Lipinski definition) is 0. The Balaban J connectivity index is 1.92. The zero-order chi connectivity index (χ0) is 26.2. The first kappa shape index (κ1) is 30.0. The van der Waals surface area contributed by atoms with Crippen molar-refractivity contribution in [3.05, 3.63) is 0 Å². The molecule has 0 unspecified atom stereocenters. The first-order valence-corrected chi connectivity index (χ1v) is 13.8. The van der Waals surface area contributed by atoms with Crippen LogP contribution >= 0.6 is 0 Å². The molecule has 35 heavy (non-hydrogen) atoms. The minimum absolute atomic E-state index is 0.128. The summed E-state index contributed by atoms with van der Waals surface area (Å²) in [5.74, 6) is 0.446. The Bertz CT molecular complexity index is 665. The summed E-state index contributed by atoms with van der Waals surface area (Å²) in [5.41, 5.74) is -0.256. The van der Waals surface area contributed by atoms with Gasteiger partial charge in [0.05, 0.1) is 13.2 Å². The van der Waals surface area contributed by atoms with E-state index in [1.54, 1.807) is 6.92 Å². The first-order valence-electron chi connectivity index (χ1n) is 13.8. The van der Waals surface area contributed by atoms with Gasteiger partial charge < -0.3 is 24.3 Å². The molecule has 0 atom stereocenters. The number of rotatable bonds is 12. The summed E-state index contributed by atoms with van der Waals surface area (Å²) < 4.78 is 6.30. The molecule has 7 nitrogen and oxygen atoms in total. The Kier molecular flexibility index (Phi) is 11.5. The minimum Gasteiger partial charge on any atom is -0.380 e. The second-order valence-corrected chi connectivity index (χ2v) is 12.8. The van der Waals surface area contributed by atoms with Gasteiger partial charge in [0.2, 0.25) is 11.8 Å². The smallest absolute Gasteiger partial charge is 0.222 e. The quantitative estimate of drug-likeness (QED) is 0.414. The van der Waals surface area contributed by atoms with Gasteiger partial charge in [0, 0.05) is 49.3 Å². The third-order valence-electron chi connectivity index (χ3n) is 7.63. The minimum atomic E-state index is -0.128. The number of hydrogen-bond acceptors (Lipinski definition) is 5. The van der Waals surface area contributed by atoms with Crippen LogP contribution in [0.25, 0.3) is 0 Å². The highest BCUT2D eigenvalue weighted by Crippen LogP contribution is 2.27. The maximum atomic E-state index is 13.0. The number of piperidine rings is 2. The van der Waals surface area contributed by atoms with Gasteiger partial charge in [-0.3, -0.25) is 9.59 Å². The molecular weight excluding hydrogens is 440 g/mol. The summed E-state index contributed by atoms with van der Waals surface area (Å²) >= 11 is 0. The van der Waals surface area contributed by atoms with Crippen molar-refractivity contribution < 1.29 is 14.3 Å². The maximum absolute atomic E-state index is 13.0. The molecule has 0 aromatic carbocycles. The SMILES string of the molecule is CCCC(=O)N(CC(C)(C)COCC(C)(C)CN(C(C)=O)C1CCN(C)CC1)C1CCN(C)CC1. The Morgan fingerprint density at radius 1 is 0.800 bits per heavy atom. The standard InChI is InChI=1S/C28H54N4O3/c1-9-10-26(34)32(25-13-17-30(8)18-14-25)20-28(5,6)22-35-21-27(3,4)19-31(23(2)33)24-11-15-29(7)16-12-24/h24-25H,9-22H2,1-8H3. The van der Waals surface area contributed by atoms with Crippen molar-refractivity contribution in [2.24, 2.45) is 10.8 Å². The van der Waals surface area contributed by atoms with Crippen LogP contribution in [0.3, 0.4) is 0 Å². The fourth-order valence-corrected chi connectivity index (χ4v) is 5.51. The van der Waals surface area contributed by atoms with E-state index >= 15 is 0 Å². The lowest BCUT2D eigenvalue weighted by Crippen LogP contribution is -2.51. The monoisotopic (exact) mass is 494 g/mol. The third-order valence-corrected chi connectivity index (χ3v) is 7.63. The number of amides is 2. The van der Waals surface area contributed by atoms with Crippen molar-refractivity contribution in [2.75, 3.05) is 66.6 Å². The normalized spacial score (nSPS) is 19.7. The average molecular weight is 495 g/mol. The van der Waals surface area contributed by atoms with E-state index in [4.69, 9.17) is 4.74 Å². The summed E-state index contributed by atoms with van der Waals surface area (Å²) in [7, 11) is 4.31. The van der Waals surface area contributed by atoms with Gasteiger partial charge in [-0.15, -0.1) is 0 Å². The van der Waals surface area contributed by atoms with Crippen molar-refractivity contribution in [2.45, 2.75) is 92.2 Å². The zero-order valence-electron chi connectivity index (χ0n) is 24.1. The van der Waals surface area contributed by atoms with Gasteiger partial charge in [0.25, 0.3) is 0 Å². The van der Waals surface area contributed by atoms with E-state index in [1.807, 2.05) is 0 Å². The van der Waals surface area contributed by atoms with Crippen LogP contribution < -0.4 is 0 Å². The van der Waals surface area contributed by atoms with E-state index < -0.39 is 0 Å². The number of nitrogens with zero attached hydrogens (tertiary/aromatic N) is 4. The molecule has 0 aliphatic carbocycles. The molecule has 2 fully saturated rings. The Morgan fingerprint density at radius 2 is 1.20 bits per heavy atom. The molecule has 0 aromatic heterocycles. The number of likely N-dealkylation sites (tertiary alicyclic amines) is 2. The fraction of sp³-hybridized carbons (Fsp3) is 0.929. The molecule has 204 valence electrons. The van der Waals surface area contributed by atoms with E-state index in [1.165, 1.54) is 0 Å². The maximum Gasteiger partial charge on any atom is 0.222 e. The molecule has 2 saturated heterocycles. The lowest BCUT2D eigenvalue weighted by Gasteiger charge is -2.42. The number of ether oxygens (including phenoxy) is 1. The molecule has 0 spiro atoms. The highest BCUT2D eigenvalue weighted by molar-refractivity contribution is 5.76. The largest absolute Gasteiger partial charge is 0.380 e. The van der Waals surface area contributed by atoms with Gasteiger partial charge in [-0.2, -0.15) is 0 Å². The molecule has 2 amide bonds. The van der Waals surface area contributed by atoms with E-state index in [0.29, 0.717) is 38.3 Å². The van der Waals surface area contributed by atoms with Crippen LogP contribution in [0, 0.1) is 10.8 Å². The second kappa shape index (κ2) is 13.4. The summed E-state index contributed by atoms with van der Waals surface area (Å²) in [6, 6.07) is 0.659. The summed E-state index contributed by atoms with van der Waals surface area (Å²) in [4.78, 5) is 34.4. The second-order valence-electron chi connectivity index (χ2n) is 12.8. The summed E-state index contributed by atoms with van der Waals surface area (Å²) in [6.07, 6.45) is 5.68. The summed E-state index contributed by atoms with van der Waals surface area (Å²) in [5, 5.41) is 0. The van der Waals surface area contributed by atoms with Crippen molar-refractivity contribution in [1.82, 2.24) is 19.6 Å². The van der Waals surface area contributed by atoms with Crippen LogP contribution in [0.15, 0.2) is 0 Å². The van der Waals surface area contributed by atoms with Crippen LogP contribution in [-0.2, 0) is 14.3 Å². The van der Waals surface area contributed by atoms with Crippen molar-refractivity contribution in [3.63, 3.8) is 0 Å². The molecule has 0 N–H and O–H groups in total. The topological polar surface area (TPSA) is 56.3 Å². The van der Waals surface area contributed by atoms with Crippen LogP contribution in [0.4, 0.5) is 0 Å². The van der Waals surface area contributed by atoms with E-state index in [9.17, 15) is 9.59 Å². The zero-order valence-corrected chi connectivity index (χ0v) is 24.1.